The van der Waals surface area contributed by atoms with Gasteiger partial charge in [0.25, 0.3) is 0 Å². The summed E-state index contributed by atoms with van der Waals surface area (Å²) in [5.41, 5.74) is 8.73. The number of carbonyl (C=O) groups excluding carboxylic acids is 2. The van der Waals surface area contributed by atoms with Crippen LogP contribution in [0.15, 0.2) is 57.5 Å². The molecule has 4 heterocycles. The summed E-state index contributed by atoms with van der Waals surface area (Å²) >= 11 is 0. The number of furan rings is 1. The largest absolute Gasteiger partial charge is 0.508 e. The number of phenolic OH excluding ortho intramolecular Hbond substituents is 1. The van der Waals surface area contributed by atoms with E-state index in [2.05, 4.69) is 25.7 Å². The number of anilines is 2. The number of aromatic nitrogens is 2. The third-order valence-corrected chi connectivity index (χ3v) is 7.64. The van der Waals surface area contributed by atoms with E-state index in [1.54, 1.807) is 48.5 Å². The summed E-state index contributed by atoms with van der Waals surface area (Å²) in [5.74, 6) is 1.01. The molecule has 6 N–H and O–H groups in total. The van der Waals surface area contributed by atoms with E-state index in [0.29, 0.717) is 40.5 Å². The summed E-state index contributed by atoms with van der Waals surface area (Å²) in [5, 5.41) is 21.4. The van der Waals surface area contributed by atoms with Crippen LogP contribution in [0.5, 0.6) is 5.75 Å². The topological polar surface area (TPSA) is 163 Å². The highest BCUT2D eigenvalue weighted by Gasteiger charge is 2.23. The van der Waals surface area contributed by atoms with Gasteiger partial charge in [-0.1, -0.05) is 25.9 Å². The summed E-state index contributed by atoms with van der Waals surface area (Å²) in [6, 6.07) is 13.4. The van der Waals surface area contributed by atoms with Gasteiger partial charge in [0.05, 0.1) is 5.69 Å². The van der Waals surface area contributed by atoms with Crippen LogP contribution in [0.2, 0.25) is 0 Å². The number of benzene rings is 2. The number of ketones is 1. The van der Waals surface area contributed by atoms with Crippen molar-refractivity contribution in [3.05, 3.63) is 71.3 Å². The van der Waals surface area contributed by atoms with Crippen molar-refractivity contribution in [2.75, 3.05) is 23.7 Å². The Kier molecular flexibility index (Phi) is 6.99. The number of rotatable bonds is 6. The van der Waals surface area contributed by atoms with Crippen LogP contribution in [0.25, 0.3) is 21.9 Å². The fourth-order valence-corrected chi connectivity index (χ4v) is 5.21. The number of aromatic hydroxyl groups is 1. The van der Waals surface area contributed by atoms with E-state index in [1.807, 2.05) is 20.8 Å². The Bertz CT molecular complexity index is 1780. The number of nitrogens with zero attached hydrogens (tertiary/aromatic N) is 2. The molecule has 0 atom stereocenters. The van der Waals surface area contributed by atoms with E-state index in [9.17, 15) is 14.7 Å². The number of carbonyl (C=O) groups is 2. The van der Waals surface area contributed by atoms with Gasteiger partial charge in [-0.2, -0.15) is 0 Å². The van der Waals surface area contributed by atoms with Crippen molar-refractivity contribution in [2.45, 2.75) is 51.6 Å². The number of urea groups is 1. The Morgan fingerprint density at radius 2 is 1.88 bits per heavy atom. The molecule has 5 aromatic rings. The van der Waals surface area contributed by atoms with Gasteiger partial charge in [-0.05, 0) is 68.4 Å². The quantitative estimate of drug-likeness (QED) is 0.162. The second kappa shape index (κ2) is 10.7. The Hall–Kier alpha value is -4.61. The lowest BCUT2D eigenvalue weighted by atomic mass is 9.93. The Labute approximate surface area is 242 Å². The first kappa shape index (κ1) is 27.6. The maximum atomic E-state index is 13.4. The first-order chi connectivity index (χ1) is 20.0. The molecule has 0 radical (unpaired) electrons. The zero-order valence-electron chi connectivity index (χ0n) is 23.8. The number of piperidine rings is 1. The van der Waals surface area contributed by atoms with Crippen molar-refractivity contribution in [3.63, 3.8) is 0 Å². The van der Waals surface area contributed by atoms with Gasteiger partial charge in [-0.3, -0.25) is 15.0 Å². The van der Waals surface area contributed by atoms with Crippen molar-refractivity contribution in [2.24, 2.45) is 5.73 Å². The SMILES string of the molecule is CC(C)(C)c1cc(NC(=O)Nc2ccc3oc(C(=O)c4cc5c(CN6CCC(N)CC6)c(O)ccc5[nH]4)cc3c2)no1. The number of aromatic amines is 1. The normalized spacial score (nSPS) is 15.0. The number of H-pyrrole nitrogens is 1. The van der Waals surface area contributed by atoms with E-state index in [4.69, 9.17) is 14.7 Å². The van der Waals surface area contributed by atoms with E-state index in [0.717, 1.165) is 42.4 Å². The number of amides is 2. The van der Waals surface area contributed by atoms with E-state index < -0.39 is 6.03 Å². The summed E-state index contributed by atoms with van der Waals surface area (Å²) in [6.45, 7) is 8.27. The Balaban J connectivity index is 1.18. The average Bonchev–Trinajstić information content (AvgIpc) is 3.69. The van der Waals surface area contributed by atoms with E-state index >= 15 is 0 Å². The van der Waals surface area contributed by atoms with Crippen LogP contribution in [-0.2, 0) is 12.0 Å². The van der Waals surface area contributed by atoms with Gasteiger partial charge in [0.2, 0.25) is 5.78 Å². The first-order valence-electron chi connectivity index (χ1n) is 14.0. The van der Waals surface area contributed by atoms with Crippen molar-refractivity contribution < 1.29 is 23.6 Å². The monoisotopic (exact) mass is 570 g/mol. The molecule has 6 rings (SSSR count). The molecule has 0 bridgehead atoms. The van der Waals surface area contributed by atoms with Gasteiger partial charge in [0.15, 0.2) is 11.6 Å². The zero-order valence-corrected chi connectivity index (χ0v) is 23.8. The second-order valence-corrected chi connectivity index (χ2v) is 11.9. The van der Waals surface area contributed by atoms with Gasteiger partial charge in [0, 0.05) is 51.6 Å². The highest BCUT2D eigenvalue weighted by molar-refractivity contribution is 6.10. The van der Waals surface area contributed by atoms with Crippen LogP contribution >= 0.6 is 0 Å². The molecule has 0 unspecified atom stereocenters. The minimum atomic E-state index is -0.479. The molecule has 1 aliphatic heterocycles. The van der Waals surface area contributed by atoms with Gasteiger partial charge in [0.1, 0.15) is 17.1 Å². The van der Waals surface area contributed by atoms with Crippen LogP contribution in [0.1, 0.15) is 61.2 Å². The Morgan fingerprint density at radius 1 is 1.10 bits per heavy atom. The molecule has 42 heavy (non-hydrogen) atoms. The van der Waals surface area contributed by atoms with E-state index in [-0.39, 0.29) is 28.7 Å². The van der Waals surface area contributed by atoms with Gasteiger partial charge < -0.3 is 30.1 Å². The lowest BCUT2D eigenvalue weighted by molar-refractivity contribution is 0.101. The number of hydrogen-bond donors (Lipinski definition) is 5. The van der Waals surface area contributed by atoms with Gasteiger partial charge in [-0.25, -0.2) is 4.79 Å². The number of phenols is 1. The van der Waals surface area contributed by atoms with Gasteiger partial charge >= 0.3 is 6.03 Å². The number of fused-ring (bicyclic) bond motifs is 2. The van der Waals surface area contributed by atoms with Crippen molar-refractivity contribution in [3.8, 4) is 5.75 Å². The number of likely N-dealkylation sites (tertiary alicyclic amines) is 1. The number of hydrogen-bond acceptors (Lipinski definition) is 8. The third-order valence-electron chi connectivity index (χ3n) is 7.64. The van der Waals surface area contributed by atoms with Crippen molar-refractivity contribution >= 4 is 45.2 Å². The lowest BCUT2D eigenvalue weighted by Crippen LogP contribution is -2.39. The summed E-state index contributed by atoms with van der Waals surface area (Å²) in [7, 11) is 0. The van der Waals surface area contributed by atoms with Crippen LogP contribution in [0, 0.1) is 0 Å². The molecule has 1 fully saturated rings. The lowest BCUT2D eigenvalue weighted by Gasteiger charge is -2.30. The average molecular weight is 571 g/mol. The fourth-order valence-electron chi connectivity index (χ4n) is 5.21. The van der Waals surface area contributed by atoms with Gasteiger partial charge in [-0.15, -0.1) is 0 Å². The maximum Gasteiger partial charge on any atom is 0.324 e. The van der Waals surface area contributed by atoms with Crippen LogP contribution in [0.3, 0.4) is 0 Å². The summed E-state index contributed by atoms with van der Waals surface area (Å²) in [4.78, 5) is 31.4. The standard InChI is InChI=1S/C31H34N6O5/c1-31(2,3)27-15-28(36-42-27)35-30(40)33-19-4-7-25-17(12-19)13-26(41-25)29(39)23-14-20-21(24(38)6-5-22(20)34-23)16-37-10-8-18(32)9-11-37/h4-7,12-15,18,34,38H,8-11,16,32H2,1-3H3,(H2,33,35,36,40). The second-order valence-electron chi connectivity index (χ2n) is 11.9. The maximum absolute atomic E-state index is 13.4. The fraction of sp³-hybridized carbons (Fsp3) is 0.323. The molecular formula is C31H34N6O5. The number of nitrogens with two attached hydrogens (primary N) is 1. The highest BCUT2D eigenvalue weighted by Crippen LogP contribution is 2.32. The molecule has 2 aromatic carbocycles. The predicted octanol–water partition coefficient (Wildman–Crippen LogP) is 5.70. The minimum Gasteiger partial charge on any atom is -0.508 e. The zero-order chi connectivity index (χ0) is 29.6. The molecule has 1 aliphatic rings. The van der Waals surface area contributed by atoms with Crippen LogP contribution < -0.4 is 16.4 Å². The molecule has 0 spiro atoms. The van der Waals surface area contributed by atoms with Crippen molar-refractivity contribution in [1.82, 2.24) is 15.0 Å². The third kappa shape index (κ3) is 5.61. The summed E-state index contributed by atoms with van der Waals surface area (Å²) < 4.78 is 11.2. The highest BCUT2D eigenvalue weighted by atomic mass is 16.5. The van der Waals surface area contributed by atoms with Crippen LogP contribution in [-0.4, -0.2) is 51.1 Å². The molecule has 3 aromatic heterocycles. The molecule has 1 saturated heterocycles. The minimum absolute atomic E-state index is 0.159. The molecule has 218 valence electrons. The van der Waals surface area contributed by atoms with Crippen LogP contribution in [0.4, 0.5) is 16.3 Å². The molecule has 11 heteroatoms. The Morgan fingerprint density at radius 3 is 2.62 bits per heavy atom. The molecule has 0 saturated carbocycles. The molecule has 0 aliphatic carbocycles. The molecule has 11 nitrogen and oxygen atoms in total. The molecular weight excluding hydrogens is 536 g/mol. The number of nitrogens with one attached hydrogen (secondary N) is 3. The van der Waals surface area contributed by atoms with E-state index in [1.165, 1.54) is 0 Å². The molecule has 2 amide bonds. The van der Waals surface area contributed by atoms with Crippen molar-refractivity contribution in [1.29, 1.82) is 0 Å². The first-order valence-corrected chi connectivity index (χ1v) is 14.0. The summed E-state index contributed by atoms with van der Waals surface area (Å²) in [6.07, 6.45) is 1.84. The smallest absolute Gasteiger partial charge is 0.324 e. The predicted molar refractivity (Wildman–Crippen MR) is 160 cm³/mol.